The van der Waals surface area contributed by atoms with Crippen molar-refractivity contribution in [3.05, 3.63) is 63.6 Å². The molecule has 0 unspecified atom stereocenters. The zero-order valence-electron chi connectivity index (χ0n) is 15.8. The predicted octanol–water partition coefficient (Wildman–Crippen LogP) is 3.94. The Kier molecular flexibility index (Phi) is 7.19. The third-order valence-electron chi connectivity index (χ3n) is 4.70. The molecule has 0 saturated carbocycles. The lowest BCUT2D eigenvalue weighted by Crippen LogP contribution is -2.32. The lowest BCUT2D eigenvalue weighted by atomic mass is 10.1. The van der Waals surface area contributed by atoms with Crippen molar-refractivity contribution >= 4 is 39.1 Å². The molecule has 1 aliphatic heterocycles. The van der Waals surface area contributed by atoms with Crippen molar-refractivity contribution in [3.63, 3.8) is 0 Å². The van der Waals surface area contributed by atoms with Crippen LogP contribution in [0.4, 0.5) is 0 Å². The first kappa shape index (κ1) is 22.1. The monoisotopic (exact) mass is 456 g/mol. The molecule has 0 radical (unpaired) electrons. The van der Waals surface area contributed by atoms with Gasteiger partial charge in [-0.15, -0.1) is 0 Å². The van der Waals surface area contributed by atoms with Gasteiger partial charge in [0.15, 0.2) is 0 Å². The fourth-order valence-electron chi connectivity index (χ4n) is 3.08. The van der Waals surface area contributed by atoms with Gasteiger partial charge < -0.3 is 10.1 Å². The smallest absolute Gasteiger partial charge is 0.251 e. The minimum absolute atomic E-state index is 0.0456. The van der Waals surface area contributed by atoms with Gasteiger partial charge in [-0.05, 0) is 55.7 Å². The Morgan fingerprint density at radius 2 is 2.03 bits per heavy atom. The van der Waals surface area contributed by atoms with Crippen molar-refractivity contribution in [1.29, 1.82) is 0 Å². The maximum absolute atomic E-state index is 12.7. The summed E-state index contributed by atoms with van der Waals surface area (Å²) in [5, 5.41) is 3.45. The molecule has 2 N–H and O–H groups in total. The van der Waals surface area contributed by atoms with Crippen molar-refractivity contribution in [2.45, 2.75) is 36.8 Å². The van der Waals surface area contributed by atoms with E-state index in [0.29, 0.717) is 11.6 Å². The molecule has 2 aromatic carbocycles. The molecule has 1 amide bonds. The number of hydrogen-bond acceptors (Lipinski definition) is 4. The summed E-state index contributed by atoms with van der Waals surface area (Å²) in [6.45, 7) is 2.62. The van der Waals surface area contributed by atoms with Gasteiger partial charge >= 0.3 is 0 Å². The van der Waals surface area contributed by atoms with Gasteiger partial charge in [0, 0.05) is 23.7 Å². The Bertz CT molecular complexity index is 992. The number of amides is 1. The van der Waals surface area contributed by atoms with Crippen LogP contribution in [0, 0.1) is 0 Å². The number of nitrogens with one attached hydrogen (secondary N) is 2. The number of halogens is 2. The van der Waals surface area contributed by atoms with Gasteiger partial charge in [0.25, 0.3) is 5.91 Å². The van der Waals surface area contributed by atoms with Crippen LogP contribution in [0.25, 0.3) is 0 Å². The third kappa shape index (κ3) is 5.71. The van der Waals surface area contributed by atoms with Crippen molar-refractivity contribution in [1.82, 2.24) is 10.0 Å². The molecule has 2 aromatic rings. The summed E-state index contributed by atoms with van der Waals surface area (Å²) in [6.07, 6.45) is 1.57. The number of hydrogen-bond donors (Lipinski definition) is 2. The van der Waals surface area contributed by atoms with Crippen molar-refractivity contribution in [3.8, 4) is 0 Å². The molecule has 3 rings (SSSR count). The summed E-state index contributed by atoms with van der Waals surface area (Å²) in [5.74, 6) is -0.412. The second kappa shape index (κ2) is 9.45. The van der Waals surface area contributed by atoms with Crippen LogP contribution in [-0.4, -0.2) is 33.6 Å². The molecule has 1 fully saturated rings. The molecule has 1 heterocycles. The molecule has 29 heavy (non-hydrogen) atoms. The van der Waals surface area contributed by atoms with Gasteiger partial charge in [-0.2, -0.15) is 0 Å². The minimum atomic E-state index is -3.88. The van der Waals surface area contributed by atoms with Crippen LogP contribution in [0.3, 0.4) is 0 Å². The van der Waals surface area contributed by atoms with E-state index in [4.69, 9.17) is 27.9 Å². The highest BCUT2D eigenvalue weighted by Gasteiger charge is 2.23. The van der Waals surface area contributed by atoms with Gasteiger partial charge in [-0.25, -0.2) is 13.1 Å². The van der Waals surface area contributed by atoms with Crippen LogP contribution >= 0.6 is 23.2 Å². The third-order valence-corrected chi connectivity index (χ3v) is 6.84. The maximum Gasteiger partial charge on any atom is 0.251 e. The van der Waals surface area contributed by atoms with Gasteiger partial charge in [0.2, 0.25) is 10.0 Å². The second-order valence-electron chi connectivity index (χ2n) is 6.88. The van der Waals surface area contributed by atoms with E-state index in [1.807, 2.05) is 13.0 Å². The standard InChI is InChI=1S/C20H22Cl2N2O4S/c1-13(14-4-2-5-16(21)10-14)24-20(25)15-7-8-18(22)19(11-15)29(26,27)23-12-17-6-3-9-28-17/h2,4-5,7-8,10-11,13,17,23H,3,6,9,12H2,1H3,(H,24,25)/t13-,17+/m0/s1. The lowest BCUT2D eigenvalue weighted by molar-refractivity contribution is 0.0939. The molecule has 0 spiro atoms. The Morgan fingerprint density at radius 3 is 2.72 bits per heavy atom. The summed E-state index contributed by atoms with van der Waals surface area (Å²) in [5.41, 5.74) is 1.03. The van der Waals surface area contributed by atoms with E-state index in [1.54, 1.807) is 18.2 Å². The normalized spacial score (nSPS) is 17.8. The maximum atomic E-state index is 12.7. The van der Waals surface area contributed by atoms with Crippen LogP contribution in [0.5, 0.6) is 0 Å². The molecule has 0 bridgehead atoms. The largest absolute Gasteiger partial charge is 0.377 e. The first-order chi connectivity index (χ1) is 13.8. The number of sulfonamides is 1. The molecule has 156 valence electrons. The fraction of sp³-hybridized carbons (Fsp3) is 0.350. The average Bonchev–Trinajstić information content (AvgIpc) is 3.20. The number of rotatable bonds is 7. The molecule has 6 nitrogen and oxygen atoms in total. The zero-order chi connectivity index (χ0) is 21.0. The molecular formula is C20H22Cl2N2O4S. The summed E-state index contributed by atoms with van der Waals surface area (Å²) in [6, 6.07) is 11.0. The van der Waals surface area contributed by atoms with Gasteiger partial charge in [0.05, 0.1) is 17.2 Å². The number of carbonyl (C=O) groups excluding carboxylic acids is 1. The van der Waals surface area contributed by atoms with E-state index in [-0.39, 0.29) is 34.2 Å². The predicted molar refractivity (Wildman–Crippen MR) is 113 cm³/mol. The molecule has 0 aromatic heterocycles. The number of ether oxygens (including phenoxy) is 1. The first-order valence-corrected chi connectivity index (χ1v) is 11.5. The van der Waals surface area contributed by atoms with Crippen LogP contribution in [0.1, 0.15) is 41.7 Å². The van der Waals surface area contributed by atoms with Crippen LogP contribution in [0.15, 0.2) is 47.4 Å². The highest BCUT2D eigenvalue weighted by molar-refractivity contribution is 7.89. The van der Waals surface area contributed by atoms with Crippen molar-refractivity contribution < 1.29 is 17.9 Å². The van der Waals surface area contributed by atoms with E-state index in [9.17, 15) is 13.2 Å². The summed E-state index contributed by atoms with van der Waals surface area (Å²) >= 11 is 12.1. The molecule has 1 saturated heterocycles. The molecule has 9 heteroatoms. The van der Waals surface area contributed by atoms with Crippen molar-refractivity contribution in [2.24, 2.45) is 0 Å². The summed E-state index contributed by atoms with van der Waals surface area (Å²) in [7, 11) is -3.88. The van der Waals surface area contributed by atoms with Gasteiger partial charge in [-0.1, -0.05) is 35.3 Å². The Hall–Kier alpha value is -1.64. The van der Waals surface area contributed by atoms with E-state index in [0.717, 1.165) is 18.4 Å². The van der Waals surface area contributed by atoms with Gasteiger partial charge in [0.1, 0.15) is 4.90 Å². The molecule has 1 aliphatic rings. The average molecular weight is 457 g/mol. The Labute approximate surface area is 180 Å². The fourth-order valence-corrected chi connectivity index (χ4v) is 4.86. The SMILES string of the molecule is C[C@H](NC(=O)c1ccc(Cl)c(S(=O)(=O)NC[C@H]2CCCO2)c1)c1cccc(Cl)c1. The summed E-state index contributed by atoms with van der Waals surface area (Å²) < 4.78 is 33.3. The number of benzene rings is 2. The second-order valence-corrected chi connectivity index (χ2v) is 9.46. The van der Waals surface area contributed by atoms with Crippen LogP contribution in [0.2, 0.25) is 10.0 Å². The lowest BCUT2D eigenvalue weighted by Gasteiger charge is -2.16. The van der Waals surface area contributed by atoms with Gasteiger partial charge in [-0.3, -0.25) is 4.79 Å². The van der Waals surface area contributed by atoms with Crippen LogP contribution in [-0.2, 0) is 14.8 Å². The number of carbonyl (C=O) groups is 1. The van der Waals surface area contributed by atoms with E-state index in [1.165, 1.54) is 18.2 Å². The van der Waals surface area contributed by atoms with E-state index >= 15 is 0 Å². The summed E-state index contributed by atoms with van der Waals surface area (Å²) in [4.78, 5) is 12.5. The zero-order valence-corrected chi connectivity index (χ0v) is 18.2. The topological polar surface area (TPSA) is 84.5 Å². The minimum Gasteiger partial charge on any atom is -0.377 e. The van der Waals surface area contributed by atoms with Crippen molar-refractivity contribution in [2.75, 3.05) is 13.2 Å². The highest BCUT2D eigenvalue weighted by Crippen LogP contribution is 2.24. The van der Waals surface area contributed by atoms with E-state index < -0.39 is 15.9 Å². The quantitative estimate of drug-likeness (QED) is 0.660. The van der Waals surface area contributed by atoms with E-state index in [2.05, 4.69) is 10.0 Å². The molecular weight excluding hydrogens is 435 g/mol. The first-order valence-electron chi connectivity index (χ1n) is 9.23. The Morgan fingerprint density at radius 1 is 1.24 bits per heavy atom. The Balaban J connectivity index is 1.74. The molecule has 2 atom stereocenters. The molecule has 0 aliphatic carbocycles. The van der Waals surface area contributed by atoms with Crippen LogP contribution < -0.4 is 10.0 Å². The highest BCUT2D eigenvalue weighted by atomic mass is 35.5.